The first kappa shape index (κ1) is 36.5. The van der Waals surface area contributed by atoms with Crippen LogP contribution in [0.4, 0.5) is 4.39 Å². The van der Waals surface area contributed by atoms with Crippen LogP contribution in [-0.2, 0) is 60.5 Å². The number of carbonyl (C=O) groups is 1. The molecule has 1 heterocycles. The lowest BCUT2D eigenvalue weighted by Gasteiger charge is -2.55. The molecule has 1 saturated heterocycles. The fourth-order valence-corrected chi connectivity index (χ4v) is 6.71. The normalized spacial score (nSPS) is 23.3. The number of aldehydes is 1. The third-order valence-electron chi connectivity index (χ3n) is 9.25. The van der Waals surface area contributed by atoms with Gasteiger partial charge in [0.05, 0.1) is 33.0 Å². The summed E-state index contributed by atoms with van der Waals surface area (Å²) in [5, 5.41) is 11.2. The van der Waals surface area contributed by atoms with Crippen molar-refractivity contribution in [3.8, 4) is 5.75 Å². The largest absolute Gasteiger partial charge is 0.491 e. The summed E-state index contributed by atoms with van der Waals surface area (Å²) in [6.07, 6.45) is -5.50. The van der Waals surface area contributed by atoms with Gasteiger partial charge < -0.3 is 33.5 Å². The number of benzene rings is 5. The van der Waals surface area contributed by atoms with Crippen LogP contribution in [0.5, 0.6) is 5.75 Å². The lowest BCUT2D eigenvalue weighted by Crippen LogP contribution is -2.72. The Kier molecular flexibility index (Phi) is 12.3. The van der Waals surface area contributed by atoms with Crippen LogP contribution in [0.15, 0.2) is 127 Å². The highest BCUT2D eigenvalue weighted by molar-refractivity contribution is 6.31. The molecule has 5 aromatic carbocycles. The molecule has 1 fully saturated rings. The smallest absolute Gasteiger partial charge is 0.225 e. The number of ether oxygens (including phenoxy) is 6. The van der Waals surface area contributed by atoms with Crippen molar-refractivity contribution < 1.29 is 45.5 Å². The molecule has 0 bridgehead atoms. The van der Waals surface area contributed by atoms with Gasteiger partial charge in [0, 0.05) is 20.4 Å². The third kappa shape index (κ3) is 8.74. The number of rotatable bonds is 17. The van der Waals surface area contributed by atoms with Gasteiger partial charge in [0.15, 0.2) is 23.5 Å². The zero-order valence-corrected chi connectivity index (χ0v) is 30.8. The molecule has 0 aliphatic carbocycles. The average molecular weight is 757 g/mol. The van der Waals surface area contributed by atoms with Crippen molar-refractivity contribution >= 4 is 17.9 Å². The molecule has 1 aliphatic heterocycles. The number of hydrogen-bond acceptors (Lipinski definition) is 8. The molecular formula is C44H44ClFO8. The first-order valence-electron chi connectivity index (χ1n) is 18.6. The van der Waals surface area contributed by atoms with Crippen molar-refractivity contribution in [2.45, 2.75) is 62.8 Å². The molecule has 0 unspecified atom stereocenters. The van der Waals surface area contributed by atoms with Gasteiger partial charge in [-0.1, -0.05) is 115 Å². The van der Waals surface area contributed by atoms with E-state index < -0.39 is 48.5 Å². The van der Waals surface area contributed by atoms with Crippen LogP contribution in [-0.4, -0.2) is 55.6 Å². The van der Waals surface area contributed by atoms with E-state index in [-0.39, 0.29) is 53.9 Å². The molecule has 8 nitrogen and oxygen atoms in total. The fourth-order valence-electron chi connectivity index (χ4n) is 6.55. The van der Waals surface area contributed by atoms with Crippen LogP contribution in [0.2, 0.25) is 5.02 Å². The van der Waals surface area contributed by atoms with Crippen molar-refractivity contribution in [1.82, 2.24) is 0 Å². The Morgan fingerprint density at radius 1 is 0.796 bits per heavy atom. The zero-order valence-electron chi connectivity index (χ0n) is 32.0. The number of carbonyl (C=O) groups excluding carboxylic acids is 1. The van der Waals surface area contributed by atoms with Gasteiger partial charge in [-0.05, 0) is 65.4 Å². The van der Waals surface area contributed by atoms with E-state index in [0.717, 1.165) is 22.8 Å². The Morgan fingerprint density at radius 3 is 1.89 bits per heavy atom. The van der Waals surface area contributed by atoms with Crippen molar-refractivity contribution in [3.05, 3.63) is 172 Å². The molecule has 282 valence electrons. The van der Waals surface area contributed by atoms with Crippen molar-refractivity contribution in [2.75, 3.05) is 20.3 Å². The lowest BCUT2D eigenvalue weighted by molar-refractivity contribution is -0.401. The summed E-state index contributed by atoms with van der Waals surface area (Å²) in [6.45, 7) is 1.23. The molecule has 0 aromatic heterocycles. The maximum Gasteiger partial charge on any atom is 0.225 e. The Bertz CT molecular complexity index is 2040. The predicted octanol–water partition coefficient (Wildman–Crippen LogP) is 7.98. The minimum absolute atomic E-state index is 0.0148. The van der Waals surface area contributed by atoms with Gasteiger partial charge in [0.1, 0.15) is 18.3 Å². The summed E-state index contributed by atoms with van der Waals surface area (Å²) in [5.74, 6) is -2.80. The number of aliphatic hydroxyl groups excluding tert-OH is 1. The summed E-state index contributed by atoms with van der Waals surface area (Å²) < 4.78 is 71.9. The summed E-state index contributed by atoms with van der Waals surface area (Å²) in [6, 6.07) is 36.4. The third-order valence-corrected chi connectivity index (χ3v) is 9.58. The fraction of sp³-hybridized carbons (Fsp3) is 0.295. The molecule has 5 aromatic rings. The quantitative estimate of drug-likeness (QED) is 0.0956. The van der Waals surface area contributed by atoms with Gasteiger partial charge in [-0.3, -0.25) is 4.79 Å². The Hall–Kier alpha value is -4.45. The van der Waals surface area contributed by atoms with Crippen LogP contribution in [0, 0.1) is 5.82 Å². The van der Waals surface area contributed by atoms with E-state index in [1.807, 2.05) is 91.0 Å². The van der Waals surface area contributed by atoms with E-state index in [2.05, 4.69) is 0 Å². The van der Waals surface area contributed by atoms with E-state index in [1.165, 1.54) is 31.4 Å². The monoisotopic (exact) mass is 756 g/mol. The number of hydrogen-bond donors (Lipinski definition) is 1. The molecule has 10 heteroatoms. The summed E-state index contributed by atoms with van der Waals surface area (Å²) in [7, 11) is 1.36. The van der Waals surface area contributed by atoms with Crippen LogP contribution in [0.25, 0.3) is 0 Å². The van der Waals surface area contributed by atoms with Crippen LogP contribution < -0.4 is 4.74 Å². The molecule has 54 heavy (non-hydrogen) atoms. The first-order valence-corrected chi connectivity index (χ1v) is 18.0. The van der Waals surface area contributed by atoms with Gasteiger partial charge in [0.25, 0.3) is 0 Å². The predicted molar refractivity (Wildman–Crippen MR) is 203 cm³/mol. The van der Waals surface area contributed by atoms with Crippen LogP contribution in [0.3, 0.4) is 0 Å². The second-order valence-electron chi connectivity index (χ2n) is 12.8. The molecule has 1 aliphatic rings. The molecule has 6 rings (SSSR count). The molecule has 5 atom stereocenters. The summed E-state index contributed by atoms with van der Waals surface area (Å²) in [5.41, 5.74) is 0.441. The van der Waals surface area contributed by atoms with E-state index in [9.17, 15) is 12.6 Å². The Balaban J connectivity index is 1.51. The second-order valence-corrected chi connectivity index (χ2v) is 13.2. The molecular weight excluding hydrogens is 711 g/mol. The van der Waals surface area contributed by atoms with Gasteiger partial charge >= 0.3 is 0 Å². The number of methoxy groups -OCH3 is 1. The van der Waals surface area contributed by atoms with E-state index in [4.69, 9.17) is 40.0 Å². The SMILES string of the molecule is [2H]C([2H])(c1ccc(OCC)c(F)c1)c1cc([C@]2(OC)O[C@@](C=O)(CO)[C@@H](OCc3ccccc3)[C@H](OCc3ccccc3)[C@H]2OCc2ccccc2)ccc1Cl. The minimum atomic E-state index is -2.36. The van der Waals surface area contributed by atoms with Gasteiger partial charge in [-0.15, -0.1) is 0 Å². The molecule has 0 saturated carbocycles. The first-order chi connectivity index (χ1) is 27.1. The molecule has 0 amide bonds. The highest BCUT2D eigenvalue weighted by Crippen LogP contribution is 2.48. The standard InChI is InChI=1S/C44H44ClFO8/c1-3-50-39-22-19-34(24-38(39)46)23-35-25-36(20-21-37(35)45)44(49-2)42(53-28-33-17-11-6-12-18-33)40(51-26-31-13-7-4-8-14-31)41(43(29-47,30-48)54-44)52-27-32-15-9-5-10-16-32/h4-22,24-25,29,40-42,48H,3,23,26-28,30H2,1-2H3/t40-,41-,42+,43-,44-/m0/s1/i23D2. The van der Waals surface area contributed by atoms with E-state index in [0.29, 0.717) is 6.29 Å². The lowest BCUT2D eigenvalue weighted by atomic mass is 9.80. The van der Waals surface area contributed by atoms with E-state index >= 15 is 4.39 Å². The Labute approximate surface area is 323 Å². The van der Waals surface area contributed by atoms with Crippen LogP contribution >= 0.6 is 11.6 Å². The Morgan fingerprint density at radius 2 is 1.37 bits per heavy atom. The number of halogens is 2. The maximum absolute atomic E-state index is 15.1. The molecule has 0 radical (unpaired) electrons. The van der Waals surface area contributed by atoms with E-state index in [1.54, 1.807) is 13.0 Å². The highest BCUT2D eigenvalue weighted by atomic mass is 35.5. The van der Waals surface area contributed by atoms with Gasteiger partial charge in [0.2, 0.25) is 5.79 Å². The molecule has 0 spiro atoms. The number of aliphatic hydroxyl groups is 1. The maximum atomic E-state index is 15.1. The topological polar surface area (TPSA) is 92.7 Å². The van der Waals surface area contributed by atoms with Gasteiger partial charge in [-0.2, -0.15) is 0 Å². The van der Waals surface area contributed by atoms with Crippen molar-refractivity contribution in [1.29, 1.82) is 0 Å². The second kappa shape index (κ2) is 18.3. The van der Waals surface area contributed by atoms with Gasteiger partial charge in [-0.25, -0.2) is 4.39 Å². The van der Waals surface area contributed by atoms with Crippen molar-refractivity contribution in [2.24, 2.45) is 0 Å². The average Bonchev–Trinajstić information content (AvgIpc) is 3.23. The minimum Gasteiger partial charge on any atom is -0.491 e. The zero-order chi connectivity index (χ0) is 39.8. The van der Waals surface area contributed by atoms with Crippen LogP contribution in [0.1, 0.15) is 43.0 Å². The summed E-state index contributed by atoms with van der Waals surface area (Å²) >= 11 is 6.72. The van der Waals surface area contributed by atoms with Crippen molar-refractivity contribution in [3.63, 3.8) is 0 Å². The highest BCUT2D eigenvalue weighted by Gasteiger charge is 2.64. The molecule has 1 N–H and O–H groups in total. The summed E-state index contributed by atoms with van der Waals surface area (Å²) in [4.78, 5) is 13.4.